The molecule has 102 valence electrons. The molecule has 0 spiro atoms. The molecule has 0 aliphatic carbocycles. The molecule has 0 aliphatic rings. The third kappa shape index (κ3) is 3.44. The molecule has 0 bridgehead atoms. The SMILES string of the molecule is CCCNc1ncnc(Sc2n[nH]c(C)n2)c1CC. The predicted octanol–water partition coefficient (Wildman–Crippen LogP) is 2.44. The summed E-state index contributed by atoms with van der Waals surface area (Å²) >= 11 is 1.46. The monoisotopic (exact) mass is 278 g/mol. The van der Waals surface area contributed by atoms with Gasteiger partial charge in [-0.05, 0) is 31.5 Å². The standard InChI is InChI=1S/C12H18N6S/c1-4-6-13-10-9(5-2)11(15-7-14-10)19-12-16-8(3)17-18-12/h7H,4-6H2,1-3H3,(H,13,14,15)(H,16,17,18). The van der Waals surface area contributed by atoms with Gasteiger partial charge in [-0.3, -0.25) is 5.10 Å². The van der Waals surface area contributed by atoms with Gasteiger partial charge in [0.25, 0.3) is 0 Å². The van der Waals surface area contributed by atoms with Gasteiger partial charge in [0.2, 0.25) is 5.16 Å². The molecule has 0 saturated carbocycles. The fourth-order valence-electron chi connectivity index (χ4n) is 1.65. The fourth-order valence-corrected chi connectivity index (χ4v) is 2.56. The average molecular weight is 278 g/mol. The van der Waals surface area contributed by atoms with Crippen LogP contribution in [0.25, 0.3) is 0 Å². The summed E-state index contributed by atoms with van der Waals surface area (Å²) in [5, 5.41) is 11.9. The molecule has 2 N–H and O–H groups in total. The molecule has 0 unspecified atom stereocenters. The van der Waals surface area contributed by atoms with E-state index >= 15 is 0 Å². The number of aromatic nitrogens is 5. The highest BCUT2D eigenvalue weighted by atomic mass is 32.2. The fraction of sp³-hybridized carbons (Fsp3) is 0.500. The molecule has 6 nitrogen and oxygen atoms in total. The summed E-state index contributed by atoms with van der Waals surface area (Å²) in [7, 11) is 0. The van der Waals surface area contributed by atoms with Crippen LogP contribution < -0.4 is 5.32 Å². The van der Waals surface area contributed by atoms with Crippen molar-refractivity contribution in [1.82, 2.24) is 25.1 Å². The van der Waals surface area contributed by atoms with Crippen molar-refractivity contribution in [3.63, 3.8) is 0 Å². The number of nitrogens with zero attached hydrogens (tertiary/aromatic N) is 4. The highest BCUT2D eigenvalue weighted by Crippen LogP contribution is 2.29. The maximum atomic E-state index is 4.34. The minimum Gasteiger partial charge on any atom is -0.370 e. The van der Waals surface area contributed by atoms with Gasteiger partial charge in [0.05, 0.1) is 0 Å². The summed E-state index contributed by atoms with van der Waals surface area (Å²) in [5.41, 5.74) is 1.11. The summed E-state index contributed by atoms with van der Waals surface area (Å²) in [4.78, 5) is 12.9. The zero-order chi connectivity index (χ0) is 13.7. The summed E-state index contributed by atoms with van der Waals surface area (Å²) in [6, 6.07) is 0. The first-order valence-electron chi connectivity index (χ1n) is 6.39. The Balaban J connectivity index is 2.24. The number of rotatable bonds is 6. The van der Waals surface area contributed by atoms with Gasteiger partial charge in [-0.15, -0.1) is 5.10 Å². The van der Waals surface area contributed by atoms with Crippen molar-refractivity contribution >= 4 is 17.6 Å². The summed E-state index contributed by atoms with van der Waals surface area (Å²) in [6.45, 7) is 7.02. The first-order valence-corrected chi connectivity index (χ1v) is 7.20. The Morgan fingerprint density at radius 2 is 2.16 bits per heavy atom. The van der Waals surface area contributed by atoms with Crippen LogP contribution in [0.3, 0.4) is 0 Å². The molecule has 2 rings (SSSR count). The Hall–Kier alpha value is -1.63. The van der Waals surface area contributed by atoms with Gasteiger partial charge in [0.1, 0.15) is 23.0 Å². The predicted molar refractivity (Wildman–Crippen MR) is 75.4 cm³/mol. The summed E-state index contributed by atoms with van der Waals surface area (Å²) < 4.78 is 0. The normalized spacial score (nSPS) is 10.7. The largest absolute Gasteiger partial charge is 0.370 e. The minimum atomic E-state index is 0.687. The van der Waals surface area contributed by atoms with Crippen molar-refractivity contribution in [2.75, 3.05) is 11.9 Å². The van der Waals surface area contributed by atoms with Crippen molar-refractivity contribution in [3.8, 4) is 0 Å². The van der Waals surface area contributed by atoms with Crippen LogP contribution in [-0.4, -0.2) is 31.7 Å². The van der Waals surface area contributed by atoms with E-state index < -0.39 is 0 Å². The van der Waals surface area contributed by atoms with Crippen molar-refractivity contribution in [3.05, 3.63) is 17.7 Å². The summed E-state index contributed by atoms with van der Waals surface area (Å²) in [5.74, 6) is 1.72. The van der Waals surface area contributed by atoms with Crippen LogP contribution in [-0.2, 0) is 6.42 Å². The van der Waals surface area contributed by atoms with E-state index in [4.69, 9.17) is 0 Å². The molecule has 19 heavy (non-hydrogen) atoms. The highest BCUT2D eigenvalue weighted by Gasteiger charge is 2.12. The van der Waals surface area contributed by atoms with E-state index in [-0.39, 0.29) is 0 Å². The van der Waals surface area contributed by atoms with Crippen LogP contribution in [0, 0.1) is 6.92 Å². The van der Waals surface area contributed by atoms with E-state index in [2.05, 4.69) is 44.3 Å². The topological polar surface area (TPSA) is 79.4 Å². The molecule has 0 aliphatic heterocycles. The lowest BCUT2D eigenvalue weighted by Crippen LogP contribution is -2.07. The van der Waals surface area contributed by atoms with Crippen molar-refractivity contribution < 1.29 is 0 Å². The molecule has 2 aromatic heterocycles. The van der Waals surface area contributed by atoms with Crippen LogP contribution >= 0.6 is 11.8 Å². The second kappa shape index (κ2) is 6.51. The number of H-pyrrole nitrogens is 1. The number of anilines is 1. The van der Waals surface area contributed by atoms with Gasteiger partial charge in [-0.2, -0.15) is 0 Å². The molecule has 2 aromatic rings. The van der Waals surface area contributed by atoms with E-state index in [1.807, 2.05) is 6.92 Å². The Kier molecular flexibility index (Phi) is 4.73. The van der Waals surface area contributed by atoms with Crippen molar-refractivity contribution in [2.24, 2.45) is 0 Å². The van der Waals surface area contributed by atoms with Gasteiger partial charge in [0, 0.05) is 12.1 Å². The van der Waals surface area contributed by atoms with Crippen LogP contribution in [0.1, 0.15) is 31.7 Å². The third-order valence-electron chi connectivity index (χ3n) is 2.57. The lowest BCUT2D eigenvalue weighted by atomic mass is 10.2. The Morgan fingerprint density at radius 3 is 2.79 bits per heavy atom. The maximum Gasteiger partial charge on any atom is 0.214 e. The van der Waals surface area contributed by atoms with Crippen LogP contribution in [0.15, 0.2) is 16.5 Å². The van der Waals surface area contributed by atoms with Gasteiger partial charge in [-0.25, -0.2) is 15.0 Å². The van der Waals surface area contributed by atoms with Gasteiger partial charge < -0.3 is 5.32 Å². The first kappa shape index (κ1) is 13.8. The average Bonchev–Trinajstić information content (AvgIpc) is 2.82. The smallest absolute Gasteiger partial charge is 0.214 e. The van der Waals surface area contributed by atoms with E-state index in [1.165, 1.54) is 11.8 Å². The molecule has 7 heteroatoms. The number of aromatic amines is 1. The number of hydrogen-bond acceptors (Lipinski definition) is 6. The molecule has 0 atom stereocenters. The molecule has 0 amide bonds. The minimum absolute atomic E-state index is 0.687. The van der Waals surface area contributed by atoms with E-state index in [1.54, 1.807) is 6.33 Å². The maximum absolute atomic E-state index is 4.34. The molecule has 0 saturated heterocycles. The molecule has 2 heterocycles. The first-order chi connectivity index (χ1) is 9.24. The highest BCUT2D eigenvalue weighted by molar-refractivity contribution is 7.99. The number of hydrogen-bond donors (Lipinski definition) is 2. The third-order valence-corrected chi connectivity index (χ3v) is 3.48. The zero-order valence-electron chi connectivity index (χ0n) is 11.4. The van der Waals surface area contributed by atoms with Crippen molar-refractivity contribution in [2.45, 2.75) is 43.8 Å². The van der Waals surface area contributed by atoms with Crippen molar-refractivity contribution in [1.29, 1.82) is 0 Å². The Labute approximate surface area is 116 Å². The van der Waals surface area contributed by atoms with Gasteiger partial charge in [0.15, 0.2) is 0 Å². The zero-order valence-corrected chi connectivity index (χ0v) is 12.2. The number of aryl methyl sites for hydroxylation is 1. The molecule has 0 fully saturated rings. The lowest BCUT2D eigenvalue weighted by molar-refractivity contribution is 0.904. The van der Waals surface area contributed by atoms with E-state index in [0.717, 1.165) is 41.6 Å². The lowest BCUT2D eigenvalue weighted by Gasteiger charge is -2.11. The molecule has 0 aromatic carbocycles. The number of nitrogens with one attached hydrogen (secondary N) is 2. The van der Waals surface area contributed by atoms with Crippen LogP contribution in [0.5, 0.6) is 0 Å². The summed E-state index contributed by atoms with van der Waals surface area (Å²) in [6.07, 6.45) is 3.52. The van der Waals surface area contributed by atoms with Crippen LogP contribution in [0.4, 0.5) is 5.82 Å². The Morgan fingerprint density at radius 1 is 1.32 bits per heavy atom. The second-order valence-corrected chi connectivity index (χ2v) is 5.05. The van der Waals surface area contributed by atoms with E-state index in [9.17, 15) is 0 Å². The van der Waals surface area contributed by atoms with Gasteiger partial charge >= 0.3 is 0 Å². The molecular weight excluding hydrogens is 260 g/mol. The van der Waals surface area contributed by atoms with Crippen LogP contribution in [0.2, 0.25) is 0 Å². The Bertz CT molecular complexity index is 539. The molecule has 0 radical (unpaired) electrons. The quantitative estimate of drug-likeness (QED) is 0.790. The molecular formula is C12H18N6S. The van der Waals surface area contributed by atoms with Gasteiger partial charge in [-0.1, -0.05) is 13.8 Å². The van der Waals surface area contributed by atoms with E-state index in [0.29, 0.717) is 5.16 Å². The second-order valence-electron chi connectivity index (χ2n) is 4.09.